The van der Waals surface area contributed by atoms with Crippen LogP contribution >= 0.6 is 0 Å². The molecule has 160 valence electrons. The van der Waals surface area contributed by atoms with Crippen LogP contribution in [0.1, 0.15) is 17.5 Å². The molecule has 1 fully saturated rings. The summed E-state index contributed by atoms with van der Waals surface area (Å²) < 4.78 is 15.7. The Morgan fingerprint density at radius 3 is 2.27 bits per heavy atom. The number of imide groups is 1. The average Bonchev–Trinajstić information content (AvgIpc) is 3.05. The number of carbonyl (C=O) groups excluding carboxylic acids is 2. The molecule has 30 heavy (non-hydrogen) atoms. The van der Waals surface area contributed by atoms with Gasteiger partial charge in [0.15, 0.2) is 11.5 Å². The highest BCUT2D eigenvalue weighted by Crippen LogP contribution is 2.28. The van der Waals surface area contributed by atoms with Crippen molar-refractivity contribution in [2.75, 3.05) is 34.4 Å². The molecule has 1 N–H and O–H groups in total. The monoisotopic (exact) mass is 412 g/mol. The van der Waals surface area contributed by atoms with Gasteiger partial charge >= 0.3 is 0 Å². The Labute approximate surface area is 176 Å². The van der Waals surface area contributed by atoms with E-state index in [2.05, 4.69) is 5.32 Å². The second-order valence-corrected chi connectivity index (χ2v) is 7.13. The molecule has 1 aliphatic rings. The Morgan fingerprint density at radius 1 is 0.900 bits per heavy atom. The Morgan fingerprint density at radius 2 is 1.60 bits per heavy atom. The highest BCUT2D eigenvalue weighted by Gasteiger charge is 2.37. The Balaban J connectivity index is 1.50. The molecule has 2 aromatic rings. The van der Waals surface area contributed by atoms with Crippen LogP contribution in [-0.4, -0.2) is 57.2 Å². The molecule has 0 radical (unpaired) electrons. The van der Waals surface area contributed by atoms with E-state index in [9.17, 15) is 9.59 Å². The van der Waals surface area contributed by atoms with Crippen molar-refractivity contribution >= 4 is 11.8 Å². The predicted molar refractivity (Wildman–Crippen MR) is 113 cm³/mol. The van der Waals surface area contributed by atoms with Gasteiger partial charge in [0, 0.05) is 6.54 Å². The number of hydrogen-bond donors (Lipinski definition) is 1. The summed E-state index contributed by atoms with van der Waals surface area (Å²) in [6.07, 6.45) is 1.54. The summed E-state index contributed by atoms with van der Waals surface area (Å²) in [4.78, 5) is 26.4. The molecule has 0 spiro atoms. The molecule has 0 saturated carbocycles. The molecule has 1 saturated heterocycles. The molecule has 0 bridgehead atoms. The van der Waals surface area contributed by atoms with Gasteiger partial charge < -0.3 is 19.5 Å². The number of hydrogen-bond acceptors (Lipinski definition) is 6. The Hall–Kier alpha value is -3.06. The van der Waals surface area contributed by atoms with Gasteiger partial charge in [0.05, 0.1) is 33.8 Å². The predicted octanol–water partition coefficient (Wildman–Crippen LogP) is 2.21. The standard InChI is InChI=1S/C23H28N2O5/c1-28-18-7-4-16(5-8-18)10-12-24-19-15-22(26)25(23(19)27)13-11-17-6-9-20(29-2)21(14-17)30-3/h4-9,14,19,24H,10-13,15H2,1-3H3/t19-/m0/s1. The largest absolute Gasteiger partial charge is 0.497 e. The zero-order valence-electron chi connectivity index (χ0n) is 17.6. The summed E-state index contributed by atoms with van der Waals surface area (Å²) in [7, 11) is 4.80. The number of carbonyl (C=O) groups is 2. The quantitative estimate of drug-likeness (QED) is 0.603. The number of nitrogens with one attached hydrogen (secondary N) is 1. The topological polar surface area (TPSA) is 77.1 Å². The molecule has 0 aromatic heterocycles. The molecule has 1 aliphatic heterocycles. The fourth-order valence-corrected chi connectivity index (χ4v) is 3.54. The maximum absolute atomic E-state index is 12.7. The molecule has 0 unspecified atom stereocenters. The molecular formula is C23H28N2O5. The van der Waals surface area contributed by atoms with Crippen LogP contribution in [0.2, 0.25) is 0 Å². The van der Waals surface area contributed by atoms with Crippen LogP contribution in [0.3, 0.4) is 0 Å². The van der Waals surface area contributed by atoms with Crippen molar-refractivity contribution in [3.8, 4) is 17.2 Å². The molecule has 1 atom stereocenters. The van der Waals surface area contributed by atoms with E-state index in [4.69, 9.17) is 14.2 Å². The van der Waals surface area contributed by atoms with Crippen molar-refractivity contribution in [1.29, 1.82) is 0 Å². The van der Waals surface area contributed by atoms with Crippen molar-refractivity contribution in [3.05, 3.63) is 53.6 Å². The van der Waals surface area contributed by atoms with Crippen LogP contribution in [0.15, 0.2) is 42.5 Å². The molecule has 1 heterocycles. The van der Waals surface area contributed by atoms with Gasteiger partial charge in [-0.1, -0.05) is 18.2 Å². The highest BCUT2D eigenvalue weighted by molar-refractivity contribution is 6.05. The van der Waals surface area contributed by atoms with E-state index in [1.807, 2.05) is 42.5 Å². The first-order valence-corrected chi connectivity index (χ1v) is 9.97. The SMILES string of the molecule is COc1ccc(CCN[C@H]2CC(=O)N(CCc3ccc(OC)c(OC)c3)C2=O)cc1. The van der Waals surface area contributed by atoms with Crippen LogP contribution in [0.25, 0.3) is 0 Å². The molecule has 2 amide bonds. The third-order valence-electron chi connectivity index (χ3n) is 5.28. The van der Waals surface area contributed by atoms with E-state index < -0.39 is 6.04 Å². The minimum absolute atomic E-state index is 0.137. The summed E-state index contributed by atoms with van der Waals surface area (Å²) in [5, 5.41) is 3.22. The minimum Gasteiger partial charge on any atom is -0.497 e. The summed E-state index contributed by atoms with van der Waals surface area (Å²) >= 11 is 0. The van der Waals surface area contributed by atoms with E-state index in [0.29, 0.717) is 31.0 Å². The molecule has 3 rings (SSSR count). The van der Waals surface area contributed by atoms with Crippen molar-refractivity contribution in [1.82, 2.24) is 10.2 Å². The maximum Gasteiger partial charge on any atom is 0.246 e. The lowest BCUT2D eigenvalue weighted by atomic mass is 10.1. The molecular weight excluding hydrogens is 384 g/mol. The van der Waals surface area contributed by atoms with E-state index in [1.165, 1.54) is 4.90 Å². The number of rotatable bonds is 10. The third-order valence-corrected chi connectivity index (χ3v) is 5.28. The zero-order valence-corrected chi connectivity index (χ0v) is 17.6. The zero-order chi connectivity index (χ0) is 21.5. The normalized spacial score (nSPS) is 16.1. The van der Waals surface area contributed by atoms with Gasteiger partial charge in [0.2, 0.25) is 11.8 Å². The van der Waals surface area contributed by atoms with Crippen LogP contribution in [0.4, 0.5) is 0 Å². The van der Waals surface area contributed by atoms with Gasteiger partial charge in [-0.05, 0) is 54.8 Å². The third kappa shape index (κ3) is 5.10. The van der Waals surface area contributed by atoms with Gasteiger partial charge in [0.25, 0.3) is 0 Å². The number of nitrogens with zero attached hydrogens (tertiary/aromatic N) is 1. The lowest BCUT2D eigenvalue weighted by Crippen LogP contribution is -2.40. The van der Waals surface area contributed by atoms with Crippen molar-refractivity contribution in [2.24, 2.45) is 0 Å². The minimum atomic E-state index is -0.457. The highest BCUT2D eigenvalue weighted by atomic mass is 16.5. The van der Waals surface area contributed by atoms with Crippen LogP contribution in [0, 0.1) is 0 Å². The first-order valence-electron chi connectivity index (χ1n) is 9.97. The summed E-state index contributed by atoms with van der Waals surface area (Å²) in [6.45, 7) is 0.976. The fraction of sp³-hybridized carbons (Fsp3) is 0.391. The fourth-order valence-electron chi connectivity index (χ4n) is 3.54. The van der Waals surface area contributed by atoms with E-state index in [1.54, 1.807) is 21.3 Å². The average molecular weight is 412 g/mol. The number of methoxy groups -OCH3 is 3. The lowest BCUT2D eigenvalue weighted by Gasteiger charge is -2.16. The number of amides is 2. The second-order valence-electron chi connectivity index (χ2n) is 7.13. The van der Waals surface area contributed by atoms with Gasteiger partial charge in [-0.15, -0.1) is 0 Å². The van der Waals surface area contributed by atoms with E-state index >= 15 is 0 Å². The van der Waals surface area contributed by atoms with Gasteiger partial charge in [0.1, 0.15) is 5.75 Å². The van der Waals surface area contributed by atoms with Crippen LogP contribution < -0.4 is 19.5 Å². The first-order chi connectivity index (χ1) is 14.5. The van der Waals surface area contributed by atoms with Crippen molar-refractivity contribution in [3.63, 3.8) is 0 Å². The number of likely N-dealkylation sites (tertiary alicyclic amines) is 1. The van der Waals surface area contributed by atoms with Crippen molar-refractivity contribution < 1.29 is 23.8 Å². The maximum atomic E-state index is 12.7. The smallest absolute Gasteiger partial charge is 0.246 e. The summed E-state index contributed by atoms with van der Waals surface area (Å²) in [5.41, 5.74) is 2.12. The van der Waals surface area contributed by atoms with Gasteiger partial charge in [-0.25, -0.2) is 0 Å². The number of ether oxygens (including phenoxy) is 3. The van der Waals surface area contributed by atoms with Crippen LogP contribution in [-0.2, 0) is 22.4 Å². The van der Waals surface area contributed by atoms with E-state index in [0.717, 1.165) is 23.3 Å². The number of benzene rings is 2. The van der Waals surface area contributed by atoms with Crippen LogP contribution in [0.5, 0.6) is 17.2 Å². The van der Waals surface area contributed by atoms with Crippen molar-refractivity contribution in [2.45, 2.75) is 25.3 Å². The molecule has 2 aromatic carbocycles. The second kappa shape index (κ2) is 10.1. The summed E-state index contributed by atoms with van der Waals surface area (Å²) in [5.74, 6) is 1.80. The molecule has 0 aliphatic carbocycles. The molecule has 7 heteroatoms. The van der Waals surface area contributed by atoms with Gasteiger partial charge in [-0.2, -0.15) is 0 Å². The first kappa shape index (κ1) is 21.6. The Kier molecular flexibility index (Phi) is 7.30. The van der Waals surface area contributed by atoms with Gasteiger partial charge in [-0.3, -0.25) is 14.5 Å². The van der Waals surface area contributed by atoms with E-state index in [-0.39, 0.29) is 18.2 Å². The summed E-state index contributed by atoms with van der Waals surface area (Å²) in [6, 6.07) is 13.0. The lowest BCUT2D eigenvalue weighted by molar-refractivity contribution is -0.138. The Bertz CT molecular complexity index is 882. The molecule has 7 nitrogen and oxygen atoms in total.